The van der Waals surface area contributed by atoms with E-state index in [1.165, 1.54) is 34.4 Å². The lowest BCUT2D eigenvalue weighted by Crippen LogP contribution is -1.89. The van der Waals surface area contributed by atoms with Gasteiger partial charge >= 0.3 is 5.97 Å². The van der Waals surface area contributed by atoms with Crippen LogP contribution in [0, 0.1) is 0 Å². The monoisotopic (exact) mass is 401 g/mol. The highest BCUT2D eigenvalue weighted by Gasteiger charge is 2.18. The number of thiophene rings is 1. The molecule has 3 nitrogen and oxygen atoms in total. The van der Waals surface area contributed by atoms with E-state index in [-0.39, 0.29) is 0 Å². The van der Waals surface area contributed by atoms with Gasteiger partial charge in [0, 0.05) is 21.5 Å². The summed E-state index contributed by atoms with van der Waals surface area (Å²) in [5, 5.41) is 13.0. The van der Waals surface area contributed by atoms with Crippen LogP contribution in [-0.4, -0.2) is 22.3 Å². The van der Waals surface area contributed by atoms with Crippen molar-refractivity contribution in [3.63, 3.8) is 0 Å². The van der Waals surface area contributed by atoms with E-state index in [0.717, 1.165) is 26.0 Å². The van der Waals surface area contributed by atoms with Gasteiger partial charge in [-0.1, -0.05) is 23.2 Å². The number of rotatable bonds is 4. The fraction of sp³-hybridized carbons (Fsp3) is 0.0667. The first-order valence-corrected chi connectivity index (χ1v) is 9.99. The molecule has 0 aliphatic carbocycles. The van der Waals surface area contributed by atoms with Crippen molar-refractivity contribution in [1.29, 1.82) is 0 Å². The number of carboxylic acids is 1. The van der Waals surface area contributed by atoms with Gasteiger partial charge in [0.1, 0.15) is 9.88 Å². The number of hydrogen-bond acceptors (Lipinski definition) is 5. The number of hydrogen-bond donors (Lipinski definition) is 1. The number of halogens is 2. The summed E-state index contributed by atoms with van der Waals surface area (Å²) in [5.41, 5.74) is 2.40. The van der Waals surface area contributed by atoms with Gasteiger partial charge in [0.25, 0.3) is 0 Å². The summed E-state index contributed by atoms with van der Waals surface area (Å²) in [6.45, 7) is 0. The van der Waals surface area contributed by atoms with Gasteiger partial charge in [0.2, 0.25) is 0 Å². The lowest BCUT2D eigenvalue weighted by Gasteiger charge is -2.01. The molecule has 0 amide bonds. The first-order valence-electron chi connectivity index (χ1n) is 6.32. The molecule has 0 aliphatic heterocycles. The number of benzene rings is 1. The van der Waals surface area contributed by atoms with Gasteiger partial charge in [-0.3, -0.25) is 0 Å². The van der Waals surface area contributed by atoms with E-state index in [1.54, 1.807) is 18.2 Å². The van der Waals surface area contributed by atoms with Crippen LogP contribution in [0.5, 0.6) is 0 Å². The molecule has 0 saturated heterocycles. The normalized spacial score (nSPS) is 10.9. The molecule has 8 heteroatoms. The van der Waals surface area contributed by atoms with Gasteiger partial charge in [-0.2, -0.15) is 0 Å². The summed E-state index contributed by atoms with van der Waals surface area (Å²) in [5.74, 6) is -0.922. The van der Waals surface area contributed by atoms with Crippen molar-refractivity contribution in [1.82, 2.24) is 4.98 Å². The number of aromatic nitrogens is 1. The molecule has 0 bridgehead atoms. The van der Waals surface area contributed by atoms with Crippen LogP contribution in [-0.2, 0) is 0 Å². The Labute approximate surface area is 154 Å². The van der Waals surface area contributed by atoms with E-state index in [2.05, 4.69) is 4.98 Å². The Balaban J connectivity index is 2.04. The average Bonchev–Trinajstić information content (AvgIpc) is 3.13. The van der Waals surface area contributed by atoms with Crippen molar-refractivity contribution in [2.45, 2.75) is 4.21 Å². The fourth-order valence-corrected chi connectivity index (χ4v) is 5.18. The van der Waals surface area contributed by atoms with E-state index < -0.39 is 5.97 Å². The predicted molar refractivity (Wildman–Crippen MR) is 99.6 cm³/mol. The van der Waals surface area contributed by atoms with Crippen LogP contribution in [0.2, 0.25) is 10.0 Å². The summed E-state index contributed by atoms with van der Waals surface area (Å²) in [4.78, 5) is 16.1. The number of carbonyl (C=O) groups is 1. The van der Waals surface area contributed by atoms with Gasteiger partial charge in [0.05, 0.1) is 14.9 Å². The highest BCUT2D eigenvalue weighted by Crippen LogP contribution is 2.41. The molecule has 0 atom stereocenters. The molecule has 1 aromatic carbocycles. The molecule has 0 saturated carbocycles. The van der Waals surface area contributed by atoms with Crippen molar-refractivity contribution in [3.05, 3.63) is 44.6 Å². The van der Waals surface area contributed by atoms with Crippen molar-refractivity contribution in [2.24, 2.45) is 0 Å². The third-order valence-corrected chi connectivity index (χ3v) is 6.72. The maximum Gasteiger partial charge on any atom is 0.345 e. The third-order valence-electron chi connectivity index (χ3n) is 3.04. The smallest absolute Gasteiger partial charge is 0.345 e. The van der Waals surface area contributed by atoms with Gasteiger partial charge < -0.3 is 5.11 Å². The molecular formula is C15H9Cl2NO2S3. The third kappa shape index (κ3) is 3.41. The maximum atomic E-state index is 11.2. The molecule has 0 radical (unpaired) electrons. The Morgan fingerprint density at radius 1 is 1.26 bits per heavy atom. The summed E-state index contributed by atoms with van der Waals surface area (Å²) >= 11 is 16.4. The van der Waals surface area contributed by atoms with Crippen molar-refractivity contribution >= 4 is 63.6 Å². The molecule has 0 fully saturated rings. The minimum absolute atomic E-state index is 0.311. The highest BCUT2D eigenvalue weighted by atomic mass is 35.5. The molecule has 0 spiro atoms. The van der Waals surface area contributed by atoms with Crippen molar-refractivity contribution in [3.8, 4) is 21.8 Å². The minimum Gasteiger partial charge on any atom is -0.477 e. The molecule has 0 aliphatic rings. The lowest BCUT2D eigenvalue weighted by atomic mass is 10.2. The van der Waals surface area contributed by atoms with Crippen molar-refractivity contribution in [2.75, 3.05) is 6.26 Å². The van der Waals surface area contributed by atoms with Crippen LogP contribution in [0.25, 0.3) is 21.8 Å². The first kappa shape index (κ1) is 16.8. The van der Waals surface area contributed by atoms with E-state index >= 15 is 0 Å². The molecule has 3 aromatic rings. The van der Waals surface area contributed by atoms with E-state index in [0.29, 0.717) is 14.9 Å². The van der Waals surface area contributed by atoms with Crippen molar-refractivity contribution < 1.29 is 9.90 Å². The summed E-state index contributed by atoms with van der Waals surface area (Å²) in [6, 6.07) is 6.94. The zero-order valence-corrected chi connectivity index (χ0v) is 15.6. The summed E-state index contributed by atoms with van der Waals surface area (Å²) < 4.78 is 0.936. The van der Waals surface area contributed by atoms with Crippen LogP contribution >= 0.6 is 57.6 Å². The zero-order valence-electron chi connectivity index (χ0n) is 11.7. The van der Waals surface area contributed by atoms with E-state index in [1.807, 2.05) is 17.7 Å². The second-order valence-corrected chi connectivity index (χ2v) is 8.31. The number of carboxylic acid groups (broad SMARTS) is 1. The number of thioether (sulfide) groups is 1. The minimum atomic E-state index is -0.922. The molecule has 2 aromatic heterocycles. The van der Waals surface area contributed by atoms with Crippen LogP contribution in [0.15, 0.2) is 33.9 Å². The van der Waals surface area contributed by atoms with Crippen LogP contribution < -0.4 is 0 Å². The number of nitrogens with zero attached hydrogens (tertiary/aromatic N) is 1. The van der Waals surface area contributed by atoms with E-state index in [4.69, 9.17) is 28.3 Å². The largest absolute Gasteiger partial charge is 0.477 e. The SMILES string of the molecule is CSc1sc(C(=O)O)cc1-c1nc(-c2ccc(Cl)cc2Cl)cs1. The Bertz CT molecular complexity index is 889. The molecular weight excluding hydrogens is 393 g/mol. The van der Waals surface area contributed by atoms with Crippen LogP contribution in [0.1, 0.15) is 9.67 Å². The molecule has 1 N–H and O–H groups in total. The average molecular weight is 402 g/mol. The van der Waals surface area contributed by atoms with Crippen LogP contribution in [0.3, 0.4) is 0 Å². The standard InChI is InChI=1S/C15H9Cl2NO2S3/c1-21-15-9(5-12(23-15)14(19)20)13-18-11(6-22-13)8-3-2-7(16)4-10(8)17/h2-6H,1H3,(H,19,20). The maximum absolute atomic E-state index is 11.2. The van der Waals surface area contributed by atoms with Gasteiger partial charge in [-0.25, -0.2) is 9.78 Å². The van der Waals surface area contributed by atoms with Gasteiger partial charge in [-0.05, 0) is 30.5 Å². The molecule has 0 unspecified atom stereocenters. The second kappa shape index (κ2) is 6.83. The Morgan fingerprint density at radius 3 is 2.70 bits per heavy atom. The molecule has 2 heterocycles. The Hall–Kier alpha value is -1.05. The fourth-order valence-electron chi connectivity index (χ4n) is 2.00. The molecule has 118 valence electrons. The molecule has 23 heavy (non-hydrogen) atoms. The lowest BCUT2D eigenvalue weighted by molar-refractivity contribution is 0.0702. The topological polar surface area (TPSA) is 50.2 Å². The second-order valence-electron chi connectivity index (χ2n) is 4.48. The van der Waals surface area contributed by atoms with Gasteiger partial charge in [-0.15, -0.1) is 34.4 Å². The number of aromatic carboxylic acids is 1. The van der Waals surface area contributed by atoms with E-state index in [9.17, 15) is 4.79 Å². The van der Waals surface area contributed by atoms with Crippen LogP contribution in [0.4, 0.5) is 0 Å². The first-order chi connectivity index (χ1) is 11.0. The van der Waals surface area contributed by atoms with Gasteiger partial charge in [0.15, 0.2) is 0 Å². The quantitative estimate of drug-likeness (QED) is 0.523. The molecule has 3 rings (SSSR count). The zero-order chi connectivity index (χ0) is 16.6. The highest BCUT2D eigenvalue weighted by molar-refractivity contribution is 8.00. The summed E-state index contributed by atoms with van der Waals surface area (Å²) in [7, 11) is 0. The Kier molecular flexibility index (Phi) is 4.98. The summed E-state index contributed by atoms with van der Waals surface area (Å²) in [6.07, 6.45) is 1.92. The Morgan fingerprint density at radius 2 is 2.04 bits per heavy atom. The number of thiazole rings is 1. The predicted octanol–water partition coefficient (Wildman–Crippen LogP) is 6.27.